The number of nitrogens with zero attached hydrogens (tertiary/aromatic N) is 3. The molecule has 0 saturated heterocycles. The lowest BCUT2D eigenvalue weighted by atomic mass is 10.1. The summed E-state index contributed by atoms with van der Waals surface area (Å²) >= 11 is 3.48. The Hall–Kier alpha value is -2.28. The van der Waals surface area contributed by atoms with Crippen LogP contribution in [0.15, 0.2) is 47.1 Å². The number of aromatic nitrogens is 1. The first-order valence-corrected chi connectivity index (χ1v) is 12.5. The molecule has 0 saturated carbocycles. The van der Waals surface area contributed by atoms with Crippen molar-refractivity contribution in [1.82, 2.24) is 19.7 Å². The van der Waals surface area contributed by atoms with Crippen molar-refractivity contribution in [3.05, 3.63) is 58.3 Å². The average molecular weight is 520 g/mol. The van der Waals surface area contributed by atoms with Crippen molar-refractivity contribution in [2.45, 2.75) is 79.1 Å². The van der Waals surface area contributed by atoms with Crippen LogP contribution in [0.1, 0.15) is 65.6 Å². The molecule has 0 aliphatic carbocycles. The van der Waals surface area contributed by atoms with Gasteiger partial charge in [0.15, 0.2) is 0 Å². The smallest absolute Gasteiger partial charge is 0.318 e. The third-order valence-electron chi connectivity index (χ3n) is 5.35. The molecule has 2 rings (SSSR count). The SMILES string of the molecule is CCCCN(Cc1cccn1Cc1ccc(Br)cc1)C(=O)CN(C(=O)NC(C)(C)C)C(C)C. The molecule has 0 atom stereocenters. The molecular formula is C26H39BrN4O2. The van der Waals surface area contributed by atoms with Gasteiger partial charge in [0.25, 0.3) is 0 Å². The Balaban J connectivity index is 2.15. The van der Waals surface area contributed by atoms with Crippen molar-refractivity contribution in [2.24, 2.45) is 0 Å². The van der Waals surface area contributed by atoms with Gasteiger partial charge in [-0.25, -0.2) is 4.79 Å². The summed E-state index contributed by atoms with van der Waals surface area (Å²) in [7, 11) is 0. The number of amides is 3. The number of hydrogen-bond acceptors (Lipinski definition) is 2. The summed E-state index contributed by atoms with van der Waals surface area (Å²) in [5.74, 6) is -0.0300. The second kappa shape index (κ2) is 12.3. The molecule has 6 nitrogen and oxygen atoms in total. The topological polar surface area (TPSA) is 57.6 Å². The summed E-state index contributed by atoms with van der Waals surface area (Å²) in [6, 6.07) is 12.1. The van der Waals surface area contributed by atoms with E-state index in [0.29, 0.717) is 13.1 Å². The molecule has 0 aliphatic heterocycles. The summed E-state index contributed by atoms with van der Waals surface area (Å²) in [5, 5.41) is 2.98. The number of carbonyl (C=O) groups is 2. The molecule has 0 aliphatic rings. The van der Waals surface area contributed by atoms with E-state index in [0.717, 1.165) is 29.6 Å². The minimum atomic E-state index is -0.358. The molecule has 182 valence electrons. The molecule has 1 N–H and O–H groups in total. The van der Waals surface area contributed by atoms with E-state index in [9.17, 15) is 9.59 Å². The number of benzene rings is 1. The Kier molecular flexibility index (Phi) is 10.0. The summed E-state index contributed by atoms with van der Waals surface area (Å²) < 4.78 is 3.24. The van der Waals surface area contributed by atoms with E-state index in [1.54, 1.807) is 4.90 Å². The molecule has 0 spiro atoms. The molecule has 1 aromatic carbocycles. The number of nitrogens with one attached hydrogen (secondary N) is 1. The van der Waals surface area contributed by atoms with Crippen molar-refractivity contribution >= 4 is 27.9 Å². The lowest BCUT2D eigenvalue weighted by Gasteiger charge is -2.33. The Morgan fingerprint density at radius 3 is 2.36 bits per heavy atom. The normalized spacial score (nSPS) is 11.5. The highest BCUT2D eigenvalue weighted by Gasteiger charge is 2.26. The standard InChI is InChI=1S/C26H39BrN4O2/c1-7-8-15-30(24(32)19-31(20(2)3)25(33)28-26(4,5)6)18-23-10-9-16-29(23)17-21-11-13-22(27)14-12-21/h9-14,16,20H,7-8,15,17-19H2,1-6H3,(H,28,33). The number of rotatable bonds is 10. The minimum absolute atomic E-state index is 0.0300. The van der Waals surface area contributed by atoms with Gasteiger partial charge in [-0.15, -0.1) is 0 Å². The zero-order valence-corrected chi connectivity index (χ0v) is 22.5. The number of hydrogen-bond donors (Lipinski definition) is 1. The third-order valence-corrected chi connectivity index (χ3v) is 5.88. The zero-order valence-electron chi connectivity index (χ0n) is 20.9. The lowest BCUT2D eigenvalue weighted by molar-refractivity contribution is -0.133. The Morgan fingerprint density at radius 1 is 1.12 bits per heavy atom. The van der Waals surface area contributed by atoms with Crippen LogP contribution in [-0.2, 0) is 17.9 Å². The van der Waals surface area contributed by atoms with Crippen LogP contribution in [0.2, 0.25) is 0 Å². The minimum Gasteiger partial charge on any atom is -0.345 e. The van der Waals surface area contributed by atoms with Crippen LogP contribution in [-0.4, -0.2) is 51.0 Å². The van der Waals surface area contributed by atoms with Gasteiger partial charge in [-0.1, -0.05) is 41.4 Å². The van der Waals surface area contributed by atoms with Crippen LogP contribution >= 0.6 is 15.9 Å². The molecule has 1 heterocycles. The van der Waals surface area contributed by atoms with E-state index in [1.165, 1.54) is 5.56 Å². The van der Waals surface area contributed by atoms with Crippen molar-refractivity contribution in [2.75, 3.05) is 13.1 Å². The zero-order chi connectivity index (χ0) is 24.6. The largest absolute Gasteiger partial charge is 0.345 e. The Labute approximate surface area is 207 Å². The lowest BCUT2D eigenvalue weighted by Crippen LogP contribution is -2.53. The van der Waals surface area contributed by atoms with Crippen LogP contribution in [0.5, 0.6) is 0 Å². The number of carbonyl (C=O) groups excluding carboxylic acids is 2. The van der Waals surface area contributed by atoms with E-state index in [2.05, 4.69) is 57.1 Å². The van der Waals surface area contributed by atoms with Gasteiger partial charge in [-0.05, 0) is 70.9 Å². The van der Waals surface area contributed by atoms with Crippen LogP contribution in [0.25, 0.3) is 0 Å². The predicted molar refractivity (Wildman–Crippen MR) is 138 cm³/mol. The molecule has 2 aromatic rings. The van der Waals surface area contributed by atoms with Crippen LogP contribution in [0.3, 0.4) is 0 Å². The van der Waals surface area contributed by atoms with Gasteiger partial charge in [0.1, 0.15) is 6.54 Å². The van der Waals surface area contributed by atoms with Crippen molar-refractivity contribution < 1.29 is 9.59 Å². The van der Waals surface area contributed by atoms with E-state index in [4.69, 9.17) is 0 Å². The van der Waals surface area contributed by atoms with Crippen LogP contribution in [0.4, 0.5) is 4.79 Å². The summed E-state index contributed by atoms with van der Waals surface area (Å²) in [6.07, 6.45) is 3.98. The van der Waals surface area contributed by atoms with Gasteiger partial charge in [0.2, 0.25) is 5.91 Å². The highest BCUT2D eigenvalue weighted by atomic mass is 79.9. The monoisotopic (exact) mass is 518 g/mol. The summed E-state index contributed by atoms with van der Waals surface area (Å²) in [5.41, 5.74) is 1.92. The van der Waals surface area contributed by atoms with Gasteiger partial charge in [0, 0.05) is 41.0 Å². The van der Waals surface area contributed by atoms with E-state index in [1.807, 2.05) is 57.7 Å². The highest BCUT2D eigenvalue weighted by molar-refractivity contribution is 9.10. The maximum Gasteiger partial charge on any atom is 0.318 e. The van der Waals surface area contributed by atoms with Crippen molar-refractivity contribution in [3.8, 4) is 0 Å². The van der Waals surface area contributed by atoms with E-state index in [-0.39, 0.29) is 30.1 Å². The predicted octanol–water partition coefficient (Wildman–Crippen LogP) is 5.65. The fraction of sp³-hybridized carbons (Fsp3) is 0.538. The maximum atomic E-state index is 13.4. The van der Waals surface area contributed by atoms with Gasteiger partial charge < -0.3 is 19.7 Å². The Morgan fingerprint density at radius 2 is 1.79 bits per heavy atom. The van der Waals surface area contributed by atoms with Gasteiger partial charge in [-0.2, -0.15) is 0 Å². The molecule has 0 unspecified atom stereocenters. The van der Waals surface area contributed by atoms with Gasteiger partial charge in [0.05, 0.1) is 6.54 Å². The second-order valence-corrected chi connectivity index (χ2v) is 10.7. The summed E-state index contributed by atoms with van der Waals surface area (Å²) in [6.45, 7) is 13.8. The first-order valence-electron chi connectivity index (χ1n) is 11.7. The van der Waals surface area contributed by atoms with Crippen molar-refractivity contribution in [3.63, 3.8) is 0 Å². The molecule has 3 amide bonds. The van der Waals surface area contributed by atoms with Crippen molar-refractivity contribution in [1.29, 1.82) is 0 Å². The molecule has 0 radical (unpaired) electrons. The van der Waals surface area contributed by atoms with Crippen LogP contribution in [0, 0.1) is 0 Å². The number of halogens is 1. The second-order valence-electron chi connectivity index (χ2n) is 9.82. The number of urea groups is 1. The van der Waals surface area contributed by atoms with E-state index >= 15 is 0 Å². The third kappa shape index (κ3) is 8.88. The first-order chi connectivity index (χ1) is 15.5. The quantitative estimate of drug-likeness (QED) is 0.441. The number of unbranched alkanes of at least 4 members (excludes halogenated alkanes) is 1. The molecule has 33 heavy (non-hydrogen) atoms. The average Bonchev–Trinajstić information content (AvgIpc) is 3.15. The van der Waals surface area contributed by atoms with E-state index < -0.39 is 0 Å². The Bertz CT molecular complexity index is 900. The molecule has 1 aromatic heterocycles. The van der Waals surface area contributed by atoms with Gasteiger partial charge >= 0.3 is 6.03 Å². The fourth-order valence-corrected chi connectivity index (χ4v) is 3.76. The highest BCUT2D eigenvalue weighted by Crippen LogP contribution is 2.15. The molecular weight excluding hydrogens is 480 g/mol. The molecule has 0 bridgehead atoms. The first kappa shape index (κ1) is 27.0. The molecule has 7 heteroatoms. The van der Waals surface area contributed by atoms with Gasteiger partial charge in [-0.3, -0.25) is 4.79 Å². The van der Waals surface area contributed by atoms with Crippen LogP contribution < -0.4 is 5.32 Å². The molecule has 0 fully saturated rings. The summed E-state index contributed by atoms with van der Waals surface area (Å²) in [4.78, 5) is 29.7. The maximum absolute atomic E-state index is 13.4. The fourth-order valence-electron chi connectivity index (χ4n) is 3.50.